The summed E-state index contributed by atoms with van der Waals surface area (Å²) in [7, 11) is 0. The van der Waals surface area contributed by atoms with Crippen LogP contribution < -0.4 is 5.73 Å². The Morgan fingerprint density at radius 3 is 3.14 bits per heavy atom. The third-order valence-corrected chi connectivity index (χ3v) is 5.49. The van der Waals surface area contributed by atoms with Crippen molar-refractivity contribution in [1.82, 2.24) is 19.9 Å². The molecule has 2 atom stereocenters. The number of aromatic nitrogens is 3. The average molecular weight is 321 g/mol. The highest BCUT2D eigenvalue weighted by molar-refractivity contribution is 7.99. The lowest BCUT2D eigenvalue weighted by Crippen LogP contribution is -2.21. The first-order chi connectivity index (χ1) is 10.7. The monoisotopic (exact) mass is 321 g/mol. The van der Waals surface area contributed by atoms with Gasteiger partial charge in [0.1, 0.15) is 11.8 Å². The van der Waals surface area contributed by atoms with Crippen molar-refractivity contribution in [2.24, 2.45) is 5.92 Å². The number of fused-ring (bicyclic) bond motifs is 1. The first-order valence-corrected chi connectivity index (χ1v) is 8.89. The molecule has 1 saturated heterocycles. The lowest BCUT2D eigenvalue weighted by atomic mass is 10.1. The number of nitrogens with two attached hydrogens (primary N) is 1. The summed E-state index contributed by atoms with van der Waals surface area (Å²) in [6.45, 7) is 4.63. The van der Waals surface area contributed by atoms with Crippen LogP contribution in [0.15, 0.2) is 12.5 Å². The molecule has 22 heavy (non-hydrogen) atoms. The second kappa shape index (κ2) is 6.85. The van der Waals surface area contributed by atoms with E-state index in [2.05, 4.69) is 26.8 Å². The largest absolute Gasteiger partial charge is 0.391 e. The molecule has 1 aliphatic rings. The summed E-state index contributed by atoms with van der Waals surface area (Å²) in [5.41, 5.74) is 8.64. The van der Waals surface area contributed by atoms with Crippen LogP contribution in [0.2, 0.25) is 0 Å². The van der Waals surface area contributed by atoms with Crippen molar-refractivity contribution in [3.63, 3.8) is 0 Å². The number of anilines is 1. The van der Waals surface area contributed by atoms with E-state index in [9.17, 15) is 5.11 Å². The molecule has 0 aliphatic carbocycles. The first kappa shape index (κ1) is 15.6. The number of nitrogens with zero attached hydrogens (tertiary/aromatic N) is 3. The zero-order valence-electron chi connectivity index (χ0n) is 12.8. The molecular weight excluding hydrogens is 298 g/mol. The van der Waals surface area contributed by atoms with Crippen molar-refractivity contribution in [2.45, 2.75) is 26.0 Å². The van der Waals surface area contributed by atoms with Crippen LogP contribution in [0.1, 0.15) is 18.9 Å². The maximum atomic E-state index is 10.2. The fourth-order valence-electron chi connectivity index (χ4n) is 2.99. The molecular formula is C15H23N5OS. The van der Waals surface area contributed by atoms with E-state index >= 15 is 0 Å². The number of hydrogen-bond donors (Lipinski definition) is 3. The van der Waals surface area contributed by atoms with E-state index in [-0.39, 0.29) is 6.10 Å². The third-order valence-electron chi connectivity index (χ3n) is 4.13. The molecule has 0 saturated carbocycles. The standard InChI is InChI=1S/C15H23N5OS/c1-2-3-22-8-11-6-20(7-12(11)21)5-10-4-17-14-13(10)18-9-19-15(14)16/h4,9,11-12,17,21H,2-3,5-8H2,1H3,(H2,16,18,19)/t11-,12+/m1/s1. The third kappa shape index (κ3) is 3.21. The molecule has 1 aliphatic heterocycles. The van der Waals surface area contributed by atoms with Crippen LogP contribution in [0.3, 0.4) is 0 Å². The average Bonchev–Trinajstić information content (AvgIpc) is 3.05. The van der Waals surface area contributed by atoms with Gasteiger partial charge in [0.05, 0.1) is 11.6 Å². The normalized spacial score (nSPS) is 22.6. The Balaban J connectivity index is 1.65. The molecule has 2 aromatic rings. The van der Waals surface area contributed by atoms with Crippen LogP contribution in [0.25, 0.3) is 11.0 Å². The van der Waals surface area contributed by atoms with Crippen LogP contribution in [-0.2, 0) is 6.54 Å². The quantitative estimate of drug-likeness (QED) is 0.698. The number of rotatable bonds is 6. The molecule has 2 aromatic heterocycles. The molecule has 3 heterocycles. The molecule has 0 unspecified atom stereocenters. The molecule has 0 spiro atoms. The van der Waals surface area contributed by atoms with Gasteiger partial charge in [0, 0.05) is 37.3 Å². The van der Waals surface area contributed by atoms with Gasteiger partial charge >= 0.3 is 0 Å². The molecule has 3 rings (SSSR count). The van der Waals surface area contributed by atoms with Crippen LogP contribution in [-0.4, -0.2) is 55.7 Å². The zero-order valence-corrected chi connectivity index (χ0v) is 13.6. The fourth-order valence-corrected chi connectivity index (χ4v) is 4.07. The van der Waals surface area contributed by atoms with Crippen molar-refractivity contribution in [3.8, 4) is 0 Å². The number of nitrogens with one attached hydrogen (secondary N) is 1. The minimum absolute atomic E-state index is 0.228. The smallest absolute Gasteiger partial charge is 0.151 e. The predicted octanol–water partition coefficient (Wildman–Crippen LogP) is 1.48. The van der Waals surface area contributed by atoms with Gasteiger partial charge in [-0.1, -0.05) is 6.92 Å². The highest BCUT2D eigenvalue weighted by Crippen LogP contribution is 2.26. The van der Waals surface area contributed by atoms with Gasteiger partial charge in [-0.05, 0) is 17.9 Å². The Hall–Kier alpha value is -1.31. The Morgan fingerprint density at radius 2 is 2.32 bits per heavy atom. The van der Waals surface area contributed by atoms with Crippen LogP contribution >= 0.6 is 11.8 Å². The number of β-amino-alcohol motifs (C(OH)–C–C–N with tert-alkyl or cyclic N) is 1. The van der Waals surface area contributed by atoms with Crippen LogP contribution in [0, 0.1) is 5.92 Å². The molecule has 6 nitrogen and oxygen atoms in total. The summed E-state index contributed by atoms with van der Waals surface area (Å²) in [5.74, 6) is 3.05. The Bertz CT molecular complexity index is 631. The topological polar surface area (TPSA) is 91.1 Å². The maximum absolute atomic E-state index is 10.2. The number of likely N-dealkylation sites (tertiary alicyclic amines) is 1. The minimum atomic E-state index is -0.228. The van der Waals surface area contributed by atoms with Gasteiger partial charge in [-0.25, -0.2) is 9.97 Å². The second-order valence-corrected chi connectivity index (χ2v) is 7.04. The number of thioether (sulfide) groups is 1. The van der Waals surface area contributed by atoms with E-state index in [0.717, 1.165) is 42.0 Å². The number of hydrogen-bond acceptors (Lipinski definition) is 6. The molecule has 0 radical (unpaired) electrons. The van der Waals surface area contributed by atoms with E-state index in [1.54, 1.807) is 0 Å². The number of aliphatic hydroxyl groups is 1. The van der Waals surface area contributed by atoms with Crippen LogP contribution in [0.5, 0.6) is 0 Å². The van der Waals surface area contributed by atoms with Crippen LogP contribution in [0.4, 0.5) is 5.82 Å². The van der Waals surface area contributed by atoms with Gasteiger partial charge in [0.15, 0.2) is 5.82 Å². The van der Waals surface area contributed by atoms with E-state index in [4.69, 9.17) is 5.73 Å². The fraction of sp³-hybridized carbons (Fsp3) is 0.600. The molecule has 1 fully saturated rings. The first-order valence-electron chi connectivity index (χ1n) is 7.73. The molecule has 0 bridgehead atoms. The number of aliphatic hydroxyl groups excluding tert-OH is 1. The summed E-state index contributed by atoms with van der Waals surface area (Å²) in [5, 5.41) is 10.2. The highest BCUT2D eigenvalue weighted by Gasteiger charge is 2.31. The lowest BCUT2D eigenvalue weighted by Gasteiger charge is -2.14. The van der Waals surface area contributed by atoms with Gasteiger partial charge in [-0.15, -0.1) is 0 Å². The van der Waals surface area contributed by atoms with E-state index in [0.29, 0.717) is 11.7 Å². The van der Waals surface area contributed by atoms with E-state index in [1.165, 1.54) is 18.5 Å². The van der Waals surface area contributed by atoms with Crippen molar-refractivity contribution in [3.05, 3.63) is 18.1 Å². The Morgan fingerprint density at radius 1 is 1.45 bits per heavy atom. The summed E-state index contributed by atoms with van der Waals surface area (Å²) < 4.78 is 0. The SMILES string of the molecule is CCCSC[C@H]1CN(Cc2c[nH]c3c(N)ncnc23)C[C@@H]1O. The molecule has 7 heteroatoms. The highest BCUT2D eigenvalue weighted by atomic mass is 32.2. The van der Waals surface area contributed by atoms with Crippen molar-refractivity contribution >= 4 is 28.6 Å². The molecule has 120 valence electrons. The summed E-state index contributed by atoms with van der Waals surface area (Å²) in [6.07, 6.45) is 4.40. The number of nitrogen functional groups attached to an aromatic ring is 1. The maximum Gasteiger partial charge on any atom is 0.151 e. The zero-order chi connectivity index (χ0) is 15.5. The predicted molar refractivity (Wildman–Crippen MR) is 90.7 cm³/mol. The van der Waals surface area contributed by atoms with Crippen molar-refractivity contribution < 1.29 is 5.11 Å². The van der Waals surface area contributed by atoms with Gasteiger partial charge in [0.25, 0.3) is 0 Å². The minimum Gasteiger partial charge on any atom is -0.391 e. The van der Waals surface area contributed by atoms with Gasteiger partial charge in [0.2, 0.25) is 0 Å². The molecule has 0 aromatic carbocycles. The van der Waals surface area contributed by atoms with Gasteiger partial charge < -0.3 is 15.8 Å². The number of aromatic amines is 1. The van der Waals surface area contributed by atoms with Crippen molar-refractivity contribution in [2.75, 3.05) is 30.3 Å². The van der Waals surface area contributed by atoms with Gasteiger partial charge in [-0.3, -0.25) is 4.90 Å². The second-order valence-electron chi connectivity index (χ2n) is 5.89. The lowest BCUT2D eigenvalue weighted by molar-refractivity contribution is 0.149. The number of H-pyrrole nitrogens is 1. The summed E-state index contributed by atoms with van der Waals surface area (Å²) >= 11 is 1.94. The Kier molecular flexibility index (Phi) is 4.85. The van der Waals surface area contributed by atoms with Crippen molar-refractivity contribution in [1.29, 1.82) is 0 Å². The Labute approximate surface area is 134 Å². The molecule has 4 N–H and O–H groups in total. The van der Waals surface area contributed by atoms with E-state index in [1.807, 2.05) is 18.0 Å². The summed E-state index contributed by atoms with van der Waals surface area (Å²) in [4.78, 5) is 13.8. The van der Waals surface area contributed by atoms with E-state index < -0.39 is 0 Å². The van der Waals surface area contributed by atoms with Gasteiger partial charge in [-0.2, -0.15) is 11.8 Å². The summed E-state index contributed by atoms with van der Waals surface area (Å²) in [6, 6.07) is 0. The molecule has 0 amide bonds.